The Kier molecular flexibility index (Phi) is 8.36. The fourth-order valence-corrected chi connectivity index (χ4v) is 1.62. The molecule has 0 radical (unpaired) electrons. The van der Waals surface area contributed by atoms with Crippen LogP contribution in [0.4, 0.5) is 0 Å². The first-order valence-corrected chi connectivity index (χ1v) is 6.93. The van der Waals surface area contributed by atoms with Crippen molar-refractivity contribution in [1.82, 2.24) is 0 Å². The number of rotatable bonds is 11. The lowest BCUT2D eigenvalue weighted by Crippen LogP contribution is -2.52. The molecular weight excluding hydrogens is 296 g/mol. The van der Waals surface area contributed by atoms with E-state index in [2.05, 4.69) is 4.74 Å². The average Bonchev–Trinajstić information content (AvgIpc) is 2.59. The molecule has 0 aliphatic rings. The van der Waals surface area contributed by atoms with Crippen LogP contribution in [-0.2, 0) is 14.3 Å². The van der Waals surface area contributed by atoms with Crippen LogP contribution < -0.4 is 0 Å². The number of ether oxygens (including phenoxy) is 1. The van der Waals surface area contributed by atoms with Crippen molar-refractivity contribution in [3.8, 4) is 0 Å². The summed E-state index contributed by atoms with van der Waals surface area (Å²) in [6.45, 7) is -0.647. The van der Waals surface area contributed by atoms with Crippen LogP contribution in [0.25, 0.3) is 0 Å². The standard InChI is InChI=1S/C14H26O8/c1-3-5-8(15)11(18)13(20)14(21)12(19)9(16)7-22-10(17)6-4-2/h9,11-14,16,18-21H,3-7H2,1-2H3/t9-,11?,12-,13+,14+/m1/s1/i1D,2D. The molecule has 5 N–H and O–H groups in total. The molecule has 130 valence electrons. The molecule has 1 unspecified atom stereocenters. The van der Waals surface area contributed by atoms with E-state index in [4.69, 9.17) is 2.74 Å². The molecule has 0 heterocycles. The van der Waals surface area contributed by atoms with Crippen molar-refractivity contribution in [3.63, 3.8) is 0 Å². The van der Waals surface area contributed by atoms with E-state index < -0.39 is 48.9 Å². The number of Topliss-reactive ketones (excluding diaryl/α,β-unsaturated/α-hetero) is 1. The molecule has 8 heteroatoms. The highest BCUT2D eigenvalue weighted by molar-refractivity contribution is 5.83. The Morgan fingerprint density at radius 1 is 0.955 bits per heavy atom. The summed E-state index contributed by atoms with van der Waals surface area (Å²) in [6, 6.07) is 0. The van der Waals surface area contributed by atoms with Crippen molar-refractivity contribution in [2.24, 2.45) is 0 Å². The summed E-state index contributed by atoms with van der Waals surface area (Å²) in [5.41, 5.74) is 0. The molecular formula is C14H26O8. The van der Waals surface area contributed by atoms with Crippen LogP contribution in [0.1, 0.15) is 42.2 Å². The molecule has 0 aliphatic heterocycles. The Labute approximate surface area is 132 Å². The summed E-state index contributed by atoms with van der Waals surface area (Å²) in [5.74, 6) is -1.48. The molecule has 22 heavy (non-hydrogen) atoms. The SMILES string of the molecule is [2H]CCCC(=O)OC[C@@H](O)[C@@H](O)[C@H](O)[C@@H](O)C(O)C(=O)CCC[2H]. The predicted octanol–water partition coefficient (Wildman–Crippen LogP) is -1.50. The fraction of sp³-hybridized carbons (Fsp3) is 0.857. The predicted molar refractivity (Wildman–Crippen MR) is 75.8 cm³/mol. The van der Waals surface area contributed by atoms with E-state index in [0.717, 1.165) is 0 Å². The number of aliphatic hydroxyl groups excluding tert-OH is 5. The molecule has 0 spiro atoms. The monoisotopic (exact) mass is 324 g/mol. The second kappa shape index (κ2) is 10.6. The number of hydrogen-bond donors (Lipinski definition) is 5. The number of esters is 1. The minimum Gasteiger partial charge on any atom is -0.463 e. The Morgan fingerprint density at radius 2 is 1.55 bits per heavy atom. The van der Waals surface area contributed by atoms with E-state index >= 15 is 0 Å². The van der Waals surface area contributed by atoms with Gasteiger partial charge in [0, 0.05) is 15.6 Å². The van der Waals surface area contributed by atoms with Crippen molar-refractivity contribution >= 4 is 11.8 Å². The van der Waals surface area contributed by atoms with Crippen molar-refractivity contribution in [2.75, 3.05) is 6.61 Å². The van der Waals surface area contributed by atoms with Crippen LogP contribution in [0, 0.1) is 0 Å². The van der Waals surface area contributed by atoms with Crippen LogP contribution in [-0.4, -0.2) is 74.4 Å². The lowest BCUT2D eigenvalue weighted by Gasteiger charge is -2.28. The van der Waals surface area contributed by atoms with E-state index in [0.29, 0.717) is 0 Å². The zero-order valence-electron chi connectivity index (χ0n) is 14.3. The number of hydrogen-bond acceptors (Lipinski definition) is 8. The lowest BCUT2D eigenvalue weighted by atomic mass is 9.96. The molecule has 0 aromatic heterocycles. The summed E-state index contributed by atoms with van der Waals surface area (Å²) in [5, 5.41) is 48.4. The zero-order chi connectivity index (χ0) is 18.7. The number of ketones is 1. The van der Waals surface area contributed by atoms with Gasteiger partial charge in [-0.05, 0) is 12.8 Å². The minimum atomic E-state index is -2.04. The summed E-state index contributed by atoms with van der Waals surface area (Å²) >= 11 is 0. The van der Waals surface area contributed by atoms with Gasteiger partial charge in [0.2, 0.25) is 0 Å². The van der Waals surface area contributed by atoms with Crippen LogP contribution in [0.2, 0.25) is 0 Å². The third-order valence-corrected chi connectivity index (χ3v) is 2.97. The molecule has 0 aromatic rings. The van der Waals surface area contributed by atoms with Crippen LogP contribution in [0.15, 0.2) is 0 Å². The average molecular weight is 324 g/mol. The van der Waals surface area contributed by atoms with Crippen LogP contribution in [0.5, 0.6) is 0 Å². The van der Waals surface area contributed by atoms with E-state index in [-0.39, 0.29) is 39.5 Å². The molecule has 5 atom stereocenters. The largest absolute Gasteiger partial charge is 0.463 e. The molecule has 8 nitrogen and oxygen atoms in total. The third-order valence-electron chi connectivity index (χ3n) is 2.97. The van der Waals surface area contributed by atoms with E-state index in [1.807, 2.05) is 0 Å². The second-order valence-corrected chi connectivity index (χ2v) is 4.84. The van der Waals surface area contributed by atoms with Crippen LogP contribution in [0.3, 0.4) is 0 Å². The van der Waals surface area contributed by atoms with E-state index in [1.54, 1.807) is 0 Å². The first-order valence-electron chi connectivity index (χ1n) is 8.34. The fourth-order valence-electron chi connectivity index (χ4n) is 1.62. The Bertz CT molecular complexity index is 382. The summed E-state index contributed by atoms with van der Waals surface area (Å²) in [6.07, 6.45) is -9.46. The summed E-state index contributed by atoms with van der Waals surface area (Å²) < 4.78 is 18.4. The van der Waals surface area contributed by atoms with Gasteiger partial charge in [0.05, 0.1) is 0 Å². The topological polar surface area (TPSA) is 145 Å². The van der Waals surface area contributed by atoms with Crippen molar-refractivity contribution < 1.29 is 42.6 Å². The summed E-state index contributed by atoms with van der Waals surface area (Å²) in [4.78, 5) is 22.7. The lowest BCUT2D eigenvalue weighted by molar-refractivity contribution is -0.163. The Hall–Kier alpha value is -1.06. The van der Waals surface area contributed by atoms with Gasteiger partial charge in [-0.1, -0.05) is 13.8 Å². The van der Waals surface area contributed by atoms with E-state index in [9.17, 15) is 35.1 Å². The highest BCUT2D eigenvalue weighted by Crippen LogP contribution is 2.11. The quantitative estimate of drug-likeness (QED) is 0.289. The third kappa shape index (κ3) is 6.80. The van der Waals surface area contributed by atoms with Gasteiger partial charge in [-0.25, -0.2) is 0 Å². The first-order chi connectivity index (χ1) is 11.3. The molecule has 0 fully saturated rings. The van der Waals surface area contributed by atoms with E-state index in [1.165, 1.54) is 0 Å². The molecule has 0 bridgehead atoms. The maximum atomic E-state index is 11.5. The van der Waals surface area contributed by atoms with Crippen LogP contribution >= 0.6 is 0 Å². The van der Waals surface area contributed by atoms with Gasteiger partial charge in [0.1, 0.15) is 37.1 Å². The van der Waals surface area contributed by atoms with Gasteiger partial charge >= 0.3 is 5.97 Å². The maximum Gasteiger partial charge on any atom is 0.305 e. The molecule has 0 aliphatic carbocycles. The molecule has 0 rings (SSSR count). The van der Waals surface area contributed by atoms with Gasteiger partial charge in [0.25, 0.3) is 0 Å². The number of carbonyl (C=O) groups is 2. The molecule has 0 saturated carbocycles. The van der Waals surface area contributed by atoms with Crippen molar-refractivity contribution in [1.29, 1.82) is 0 Å². The Balaban J connectivity index is 4.42. The minimum absolute atomic E-state index is 0.0271. The smallest absolute Gasteiger partial charge is 0.305 e. The number of aliphatic hydroxyl groups is 5. The molecule has 0 saturated heterocycles. The maximum absolute atomic E-state index is 11.5. The first kappa shape index (κ1) is 17.3. The van der Waals surface area contributed by atoms with Gasteiger partial charge in [-0.15, -0.1) is 0 Å². The summed E-state index contributed by atoms with van der Waals surface area (Å²) in [7, 11) is 0. The second-order valence-electron chi connectivity index (χ2n) is 4.84. The van der Waals surface area contributed by atoms with Crippen molar-refractivity contribution in [2.45, 2.75) is 70.0 Å². The van der Waals surface area contributed by atoms with Gasteiger partial charge < -0.3 is 30.3 Å². The highest BCUT2D eigenvalue weighted by Gasteiger charge is 2.37. The Morgan fingerprint density at radius 3 is 2.14 bits per heavy atom. The molecule has 0 amide bonds. The van der Waals surface area contributed by atoms with Gasteiger partial charge in [0.15, 0.2) is 5.78 Å². The van der Waals surface area contributed by atoms with Crippen molar-refractivity contribution in [3.05, 3.63) is 0 Å². The number of carbonyl (C=O) groups excluding carboxylic acids is 2. The normalized spacial score (nSPS) is 19.3. The van der Waals surface area contributed by atoms with Gasteiger partial charge in [-0.2, -0.15) is 0 Å². The highest BCUT2D eigenvalue weighted by atomic mass is 16.5. The molecule has 0 aromatic carbocycles. The van der Waals surface area contributed by atoms with Gasteiger partial charge in [-0.3, -0.25) is 9.59 Å². The zero-order valence-corrected chi connectivity index (χ0v) is 12.3.